The molecule has 0 radical (unpaired) electrons. The molecule has 3 N–H and O–H groups in total. The zero-order valence-electron chi connectivity index (χ0n) is 10.5. The van der Waals surface area contributed by atoms with Gasteiger partial charge < -0.3 is 11.1 Å². The monoisotopic (exact) mass is 386 g/mol. The van der Waals surface area contributed by atoms with Crippen molar-refractivity contribution in [2.45, 2.75) is 0 Å². The second-order valence-corrected chi connectivity index (χ2v) is 5.92. The van der Waals surface area contributed by atoms with E-state index >= 15 is 0 Å². The molecule has 0 aromatic heterocycles. The molecule has 1 amide bonds. The highest BCUT2D eigenvalue weighted by atomic mass is 79.9. The van der Waals surface area contributed by atoms with E-state index in [1.165, 1.54) is 12.1 Å². The van der Waals surface area contributed by atoms with Crippen LogP contribution in [-0.2, 0) is 0 Å². The van der Waals surface area contributed by atoms with Crippen molar-refractivity contribution in [3.8, 4) is 0 Å². The number of hydrogen-bond donors (Lipinski definition) is 2. The predicted molar refractivity (Wildman–Crippen MR) is 89.4 cm³/mol. The van der Waals surface area contributed by atoms with Gasteiger partial charge in [0.2, 0.25) is 0 Å². The Morgan fingerprint density at radius 3 is 2.52 bits per heavy atom. The summed E-state index contributed by atoms with van der Waals surface area (Å²) in [6.45, 7) is 0. The number of nitrogens with two attached hydrogens (primary N) is 1. The third kappa shape index (κ3) is 3.78. The highest BCUT2D eigenvalue weighted by Crippen LogP contribution is 2.23. The maximum Gasteiger partial charge on any atom is 0.258 e. The van der Waals surface area contributed by atoms with Gasteiger partial charge in [0.05, 0.1) is 11.3 Å². The van der Waals surface area contributed by atoms with Crippen molar-refractivity contribution < 1.29 is 9.18 Å². The van der Waals surface area contributed by atoms with Gasteiger partial charge in [-0.3, -0.25) is 4.79 Å². The zero-order chi connectivity index (χ0) is 15.6. The quantitative estimate of drug-likeness (QED) is 0.779. The number of amides is 1. The van der Waals surface area contributed by atoms with Crippen LogP contribution in [-0.4, -0.2) is 10.9 Å². The number of carbonyl (C=O) groups excluding carboxylic acids is 1. The van der Waals surface area contributed by atoms with Crippen LogP contribution in [0.4, 0.5) is 10.1 Å². The number of hydrogen-bond acceptors (Lipinski definition) is 2. The lowest BCUT2D eigenvalue weighted by atomic mass is 10.1. The number of nitrogens with one attached hydrogen (secondary N) is 1. The molecular weight excluding hydrogens is 379 g/mol. The number of thiocarbonyl (C=S) groups is 1. The van der Waals surface area contributed by atoms with E-state index in [0.29, 0.717) is 11.3 Å². The van der Waals surface area contributed by atoms with Crippen LogP contribution in [0.1, 0.15) is 15.9 Å². The van der Waals surface area contributed by atoms with E-state index in [0.717, 1.165) is 10.5 Å². The van der Waals surface area contributed by atoms with E-state index in [1.807, 2.05) is 0 Å². The van der Waals surface area contributed by atoms with E-state index in [-0.39, 0.29) is 15.6 Å². The second-order valence-electron chi connectivity index (χ2n) is 4.13. The topological polar surface area (TPSA) is 55.1 Å². The highest BCUT2D eigenvalue weighted by Gasteiger charge is 2.15. The molecule has 2 aromatic carbocycles. The summed E-state index contributed by atoms with van der Waals surface area (Å²) in [5.74, 6) is -1.31. The standard InChI is InChI=1S/C14H9BrClFN2OS/c15-7-1-3-10(13(18)21)12(5-7)19-14(20)9-4-2-8(16)6-11(9)17/h1-6H,(H2,18,21)(H,19,20). The van der Waals surface area contributed by atoms with E-state index in [9.17, 15) is 9.18 Å². The number of benzene rings is 2. The van der Waals surface area contributed by atoms with Crippen LogP contribution in [0.5, 0.6) is 0 Å². The summed E-state index contributed by atoms with van der Waals surface area (Å²) in [5.41, 5.74) is 6.38. The summed E-state index contributed by atoms with van der Waals surface area (Å²) >= 11 is 13.9. The minimum absolute atomic E-state index is 0.117. The van der Waals surface area contributed by atoms with Crippen molar-refractivity contribution in [1.29, 1.82) is 0 Å². The normalized spacial score (nSPS) is 10.2. The van der Waals surface area contributed by atoms with Gasteiger partial charge in [-0.05, 0) is 36.4 Å². The third-order valence-corrected chi connectivity index (χ3v) is 3.62. The number of rotatable bonds is 3. The Morgan fingerprint density at radius 1 is 1.24 bits per heavy atom. The van der Waals surface area contributed by atoms with Gasteiger partial charge in [0, 0.05) is 15.1 Å². The van der Waals surface area contributed by atoms with Crippen LogP contribution < -0.4 is 11.1 Å². The largest absolute Gasteiger partial charge is 0.389 e. The molecule has 0 bridgehead atoms. The van der Waals surface area contributed by atoms with Crippen LogP contribution in [0.15, 0.2) is 40.9 Å². The lowest BCUT2D eigenvalue weighted by Crippen LogP contribution is -2.18. The van der Waals surface area contributed by atoms with Crippen molar-refractivity contribution in [2.24, 2.45) is 5.73 Å². The zero-order valence-corrected chi connectivity index (χ0v) is 13.7. The first-order valence-electron chi connectivity index (χ1n) is 5.74. The summed E-state index contributed by atoms with van der Waals surface area (Å²) in [7, 11) is 0. The first-order valence-corrected chi connectivity index (χ1v) is 7.32. The van der Waals surface area contributed by atoms with Crippen molar-refractivity contribution in [2.75, 3.05) is 5.32 Å². The van der Waals surface area contributed by atoms with Gasteiger partial charge in [0.1, 0.15) is 10.8 Å². The molecule has 2 rings (SSSR count). The molecule has 3 nitrogen and oxygen atoms in total. The molecule has 0 saturated carbocycles. The second kappa shape index (κ2) is 6.51. The lowest BCUT2D eigenvalue weighted by molar-refractivity contribution is 0.102. The summed E-state index contributed by atoms with van der Waals surface area (Å²) < 4.78 is 14.5. The Bertz CT molecular complexity index is 739. The van der Waals surface area contributed by atoms with Crippen molar-refractivity contribution in [1.82, 2.24) is 0 Å². The Morgan fingerprint density at radius 2 is 1.90 bits per heavy atom. The molecule has 0 saturated heterocycles. The van der Waals surface area contributed by atoms with Crippen molar-refractivity contribution in [3.05, 3.63) is 62.8 Å². The Hall–Kier alpha value is -1.50. The molecular formula is C14H9BrClFN2OS. The van der Waals surface area contributed by atoms with Crippen molar-refractivity contribution in [3.63, 3.8) is 0 Å². The summed E-state index contributed by atoms with van der Waals surface area (Å²) in [6, 6.07) is 8.87. The predicted octanol–water partition coefficient (Wildman–Crippen LogP) is 4.13. The number of halogens is 3. The van der Waals surface area contributed by atoms with Gasteiger partial charge in [0.15, 0.2) is 0 Å². The average Bonchev–Trinajstić information content (AvgIpc) is 2.37. The van der Waals surface area contributed by atoms with Crippen molar-refractivity contribution >= 4 is 56.3 Å². The van der Waals surface area contributed by atoms with Crippen LogP contribution in [0.3, 0.4) is 0 Å². The molecule has 0 aliphatic rings. The Kier molecular flexibility index (Phi) is 4.92. The molecule has 0 heterocycles. The smallest absolute Gasteiger partial charge is 0.258 e. The fraction of sp³-hybridized carbons (Fsp3) is 0. The fourth-order valence-electron chi connectivity index (χ4n) is 1.70. The molecule has 0 unspecified atom stereocenters. The summed E-state index contributed by atoms with van der Waals surface area (Å²) in [5, 5.41) is 2.81. The van der Waals surface area contributed by atoms with E-state index in [2.05, 4.69) is 21.2 Å². The van der Waals surface area contributed by atoms with Gasteiger partial charge >= 0.3 is 0 Å². The summed E-state index contributed by atoms with van der Waals surface area (Å²) in [4.78, 5) is 12.3. The molecule has 108 valence electrons. The molecule has 21 heavy (non-hydrogen) atoms. The molecule has 2 aromatic rings. The SMILES string of the molecule is NC(=S)c1ccc(Br)cc1NC(=O)c1ccc(Cl)cc1F. The van der Waals surface area contributed by atoms with E-state index in [4.69, 9.17) is 29.6 Å². The van der Waals surface area contributed by atoms with Gasteiger partial charge in [-0.2, -0.15) is 0 Å². The van der Waals surface area contributed by atoms with E-state index in [1.54, 1.807) is 18.2 Å². The van der Waals surface area contributed by atoms with Gasteiger partial charge in [-0.1, -0.05) is 39.7 Å². The molecule has 0 aliphatic heterocycles. The molecule has 0 fully saturated rings. The molecule has 0 aliphatic carbocycles. The highest BCUT2D eigenvalue weighted by molar-refractivity contribution is 9.10. The lowest BCUT2D eigenvalue weighted by Gasteiger charge is -2.11. The van der Waals surface area contributed by atoms with Crippen LogP contribution in [0.2, 0.25) is 5.02 Å². The minimum Gasteiger partial charge on any atom is -0.389 e. The van der Waals surface area contributed by atoms with Crippen LogP contribution in [0, 0.1) is 5.82 Å². The Balaban J connectivity index is 2.35. The van der Waals surface area contributed by atoms with Gasteiger partial charge in [-0.15, -0.1) is 0 Å². The average molecular weight is 388 g/mol. The number of carbonyl (C=O) groups is 1. The maximum absolute atomic E-state index is 13.7. The molecule has 7 heteroatoms. The van der Waals surface area contributed by atoms with Gasteiger partial charge in [0.25, 0.3) is 5.91 Å². The Labute approximate surface area is 139 Å². The minimum atomic E-state index is -0.702. The van der Waals surface area contributed by atoms with E-state index < -0.39 is 11.7 Å². The first-order chi connectivity index (χ1) is 9.88. The molecule has 0 spiro atoms. The molecule has 0 atom stereocenters. The van der Waals surface area contributed by atoms with Crippen LogP contribution in [0.25, 0.3) is 0 Å². The number of anilines is 1. The van der Waals surface area contributed by atoms with Crippen LogP contribution >= 0.6 is 39.7 Å². The summed E-state index contributed by atoms with van der Waals surface area (Å²) in [6.07, 6.45) is 0. The first kappa shape index (κ1) is 15.9. The fourth-order valence-corrected chi connectivity index (χ4v) is 2.40. The van der Waals surface area contributed by atoms with Gasteiger partial charge in [-0.25, -0.2) is 4.39 Å². The third-order valence-electron chi connectivity index (χ3n) is 2.67. The maximum atomic E-state index is 13.7.